The molecule has 0 radical (unpaired) electrons. The minimum absolute atomic E-state index is 0.244. The molecule has 0 aliphatic heterocycles. The number of hydrogen-bond donors (Lipinski definition) is 2. The molecule has 0 bridgehead atoms. The summed E-state index contributed by atoms with van der Waals surface area (Å²) >= 11 is 1.68. The Hall–Kier alpha value is -1.95. The van der Waals surface area contributed by atoms with Crippen molar-refractivity contribution in [3.63, 3.8) is 0 Å². The molecule has 0 fully saturated rings. The third-order valence-corrected chi connectivity index (χ3v) is 3.70. The molecule has 1 amide bonds. The highest BCUT2D eigenvalue weighted by atomic mass is 32.1. The molecule has 0 saturated carbocycles. The van der Waals surface area contributed by atoms with Crippen molar-refractivity contribution in [2.24, 2.45) is 0 Å². The lowest BCUT2D eigenvalue weighted by Crippen LogP contribution is -2.23. The van der Waals surface area contributed by atoms with E-state index in [2.05, 4.69) is 35.2 Å². The Labute approximate surface area is 109 Å². The third kappa shape index (κ3) is 2.84. The second-order valence-corrected chi connectivity index (χ2v) is 5.30. The van der Waals surface area contributed by atoms with Gasteiger partial charge < -0.3 is 11.1 Å². The van der Waals surface area contributed by atoms with E-state index < -0.39 is 0 Å². The van der Waals surface area contributed by atoms with Crippen LogP contribution in [0.3, 0.4) is 0 Å². The minimum Gasteiger partial charge on any atom is -0.382 e. The molecule has 2 heterocycles. The monoisotopic (exact) mass is 262 g/mol. The van der Waals surface area contributed by atoms with Gasteiger partial charge in [-0.15, -0.1) is 11.3 Å². The van der Waals surface area contributed by atoms with Crippen LogP contribution in [-0.2, 0) is 6.54 Å². The first-order valence-corrected chi connectivity index (χ1v) is 6.29. The number of aryl methyl sites for hydroxylation is 2. The standard InChI is InChI=1S/C12H14N4OS/c1-7-3-9(18-8(7)2)4-16-12(17)10-5-15-11(13)6-14-10/h3,5-6H,4H2,1-2H3,(H2,13,15)(H,16,17). The van der Waals surface area contributed by atoms with E-state index in [0.717, 1.165) is 4.88 Å². The van der Waals surface area contributed by atoms with Gasteiger partial charge in [-0.25, -0.2) is 9.97 Å². The first-order chi connectivity index (χ1) is 8.56. The van der Waals surface area contributed by atoms with Crippen molar-refractivity contribution < 1.29 is 4.79 Å². The average Bonchev–Trinajstić information content (AvgIpc) is 2.67. The number of amides is 1. The summed E-state index contributed by atoms with van der Waals surface area (Å²) in [5, 5.41) is 2.80. The maximum atomic E-state index is 11.8. The zero-order chi connectivity index (χ0) is 13.1. The first-order valence-electron chi connectivity index (χ1n) is 5.48. The molecule has 0 aromatic carbocycles. The van der Waals surface area contributed by atoms with Crippen LogP contribution in [0, 0.1) is 13.8 Å². The second-order valence-electron chi connectivity index (χ2n) is 3.96. The molecule has 5 nitrogen and oxygen atoms in total. The molecule has 6 heteroatoms. The van der Waals surface area contributed by atoms with Gasteiger partial charge in [-0.1, -0.05) is 0 Å². The second kappa shape index (κ2) is 5.14. The average molecular weight is 262 g/mol. The van der Waals surface area contributed by atoms with Crippen LogP contribution in [0.2, 0.25) is 0 Å². The zero-order valence-corrected chi connectivity index (χ0v) is 11.0. The lowest BCUT2D eigenvalue weighted by Gasteiger charge is -2.02. The SMILES string of the molecule is Cc1cc(CNC(=O)c2cnc(N)cn2)sc1C. The highest BCUT2D eigenvalue weighted by Crippen LogP contribution is 2.20. The molecule has 0 aliphatic carbocycles. The van der Waals surface area contributed by atoms with Gasteiger partial charge in [0.15, 0.2) is 0 Å². The van der Waals surface area contributed by atoms with E-state index >= 15 is 0 Å². The van der Waals surface area contributed by atoms with Crippen molar-refractivity contribution in [2.45, 2.75) is 20.4 Å². The number of hydrogen-bond acceptors (Lipinski definition) is 5. The van der Waals surface area contributed by atoms with Crippen LogP contribution in [0.5, 0.6) is 0 Å². The van der Waals surface area contributed by atoms with E-state index in [-0.39, 0.29) is 11.6 Å². The molecular weight excluding hydrogens is 248 g/mol. The number of nitrogens with two attached hydrogens (primary N) is 1. The smallest absolute Gasteiger partial charge is 0.271 e. The van der Waals surface area contributed by atoms with Gasteiger partial charge in [0, 0.05) is 9.75 Å². The Kier molecular flexibility index (Phi) is 3.57. The summed E-state index contributed by atoms with van der Waals surface area (Å²) in [6, 6.07) is 2.08. The van der Waals surface area contributed by atoms with Crippen LogP contribution < -0.4 is 11.1 Å². The van der Waals surface area contributed by atoms with Crippen molar-refractivity contribution >= 4 is 23.1 Å². The number of nitrogen functional groups attached to an aromatic ring is 1. The van der Waals surface area contributed by atoms with Crippen LogP contribution in [0.4, 0.5) is 5.82 Å². The van der Waals surface area contributed by atoms with Gasteiger partial charge in [0.1, 0.15) is 11.5 Å². The predicted molar refractivity (Wildman–Crippen MR) is 71.4 cm³/mol. The van der Waals surface area contributed by atoms with Gasteiger partial charge in [-0.2, -0.15) is 0 Å². The van der Waals surface area contributed by atoms with Gasteiger partial charge in [0.05, 0.1) is 18.9 Å². The van der Waals surface area contributed by atoms with Gasteiger partial charge in [0.25, 0.3) is 5.91 Å². The number of rotatable bonds is 3. The molecule has 2 aromatic rings. The van der Waals surface area contributed by atoms with Crippen molar-refractivity contribution in [3.8, 4) is 0 Å². The molecule has 2 aromatic heterocycles. The molecule has 0 atom stereocenters. The predicted octanol–water partition coefficient (Wildman–Crippen LogP) is 1.67. The van der Waals surface area contributed by atoms with Crippen LogP contribution in [0.1, 0.15) is 25.8 Å². The highest BCUT2D eigenvalue weighted by Gasteiger charge is 2.08. The fourth-order valence-corrected chi connectivity index (χ4v) is 2.44. The molecule has 2 rings (SSSR count). The molecule has 0 unspecified atom stereocenters. The van der Waals surface area contributed by atoms with E-state index in [1.165, 1.54) is 22.8 Å². The number of nitrogens with zero attached hydrogens (tertiary/aromatic N) is 2. The topological polar surface area (TPSA) is 80.9 Å². The number of carbonyl (C=O) groups excluding carboxylic acids is 1. The largest absolute Gasteiger partial charge is 0.382 e. The lowest BCUT2D eigenvalue weighted by molar-refractivity contribution is 0.0946. The summed E-state index contributed by atoms with van der Waals surface area (Å²) in [7, 11) is 0. The Morgan fingerprint density at radius 1 is 1.39 bits per heavy atom. The van der Waals surface area contributed by atoms with Crippen molar-refractivity contribution in [1.29, 1.82) is 0 Å². The van der Waals surface area contributed by atoms with E-state index in [9.17, 15) is 4.79 Å². The van der Waals surface area contributed by atoms with Crippen LogP contribution in [0.25, 0.3) is 0 Å². The van der Waals surface area contributed by atoms with E-state index in [4.69, 9.17) is 5.73 Å². The molecule has 18 heavy (non-hydrogen) atoms. The third-order valence-electron chi connectivity index (χ3n) is 2.54. The number of anilines is 1. The van der Waals surface area contributed by atoms with Crippen LogP contribution in [-0.4, -0.2) is 15.9 Å². The van der Waals surface area contributed by atoms with E-state index in [1.807, 2.05) is 0 Å². The number of carbonyl (C=O) groups is 1. The lowest BCUT2D eigenvalue weighted by atomic mass is 10.3. The maximum Gasteiger partial charge on any atom is 0.271 e. The van der Waals surface area contributed by atoms with E-state index in [0.29, 0.717) is 12.4 Å². The summed E-state index contributed by atoms with van der Waals surface area (Å²) in [5.74, 6) is 0.0577. The summed E-state index contributed by atoms with van der Waals surface area (Å²) in [6.07, 6.45) is 2.74. The van der Waals surface area contributed by atoms with Gasteiger partial charge >= 0.3 is 0 Å². The normalized spacial score (nSPS) is 10.3. The first kappa shape index (κ1) is 12.5. The Balaban J connectivity index is 1.98. The maximum absolute atomic E-state index is 11.8. The Morgan fingerprint density at radius 3 is 2.72 bits per heavy atom. The van der Waals surface area contributed by atoms with Gasteiger partial charge in [-0.05, 0) is 25.5 Å². The Bertz CT molecular complexity index is 542. The summed E-state index contributed by atoms with van der Waals surface area (Å²) < 4.78 is 0. The molecule has 0 saturated heterocycles. The van der Waals surface area contributed by atoms with Gasteiger partial charge in [-0.3, -0.25) is 4.79 Å². The molecule has 3 N–H and O–H groups in total. The Morgan fingerprint density at radius 2 is 2.17 bits per heavy atom. The number of thiophene rings is 1. The van der Waals surface area contributed by atoms with E-state index in [1.54, 1.807) is 11.3 Å². The molecular formula is C12H14N4OS. The van der Waals surface area contributed by atoms with Crippen molar-refractivity contribution in [1.82, 2.24) is 15.3 Å². The number of aromatic nitrogens is 2. The van der Waals surface area contributed by atoms with Gasteiger partial charge in [0.2, 0.25) is 0 Å². The molecule has 94 valence electrons. The number of nitrogens with one attached hydrogen (secondary N) is 1. The summed E-state index contributed by atoms with van der Waals surface area (Å²) in [6.45, 7) is 4.63. The van der Waals surface area contributed by atoms with Crippen molar-refractivity contribution in [3.05, 3.63) is 39.5 Å². The molecule has 0 spiro atoms. The summed E-state index contributed by atoms with van der Waals surface area (Å²) in [5.41, 5.74) is 6.93. The highest BCUT2D eigenvalue weighted by molar-refractivity contribution is 7.12. The zero-order valence-electron chi connectivity index (χ0n) is 10.2. The molecule has 0 aliphatic rings. The fraction of sp³-hybridized carbons (Fsp3) is 0.250. The fourth-order valence-electron chi connectivity index (χ4n) is 1.45. The minimum atomic E-state index is -0.244. The van der Waals surface area contributed by atoms with Crippen molar-refractivity contribution in [2.75, 3.05) is 5.73 Å². The van der Waals surface area contributed by atoms with Crippen LogP contribution >= 0.6 is 11.3 Å². The summed E-state index contributed by atoms with van der Waals surface area (Å²) in [4.78, 5) is 21.9. The quantitative estimate of drug-likeness (QED) is 0.881. The van der Waals surface area contributed by atoms with Crippen LogP contribution in [0.15, 0.2) is 18.5 Å².